The van der Waals surface area contributed by atoms with Crippen molar-refractivity contribution in [2.75, 3.05) is 20.5 Å². The van der Waals surface area contributed by atoms with E-state index in [1.165, 1.54) is 20.3 Å². The van der Waals surface area contributed by atoms with Gasteiger partial charge in [0.25, 0.3) is 0 Å². The van der Waals surface area contributed by atoms with E-state index in [2.05, 4.69) is 0 Å². The van der Waals surface area contributed by atoms with Crippen molar-refractivity contribution in [1.82, 2.24) is 0 Å². The van der Waals surface area contributed by atoms with Crippen molar-refractivity contribution >= 4 is 9.84 Å². The summed E-state index contributed by atoms with van der Waals surface area (Å²) >= 11 is 0. The normalized spacial score (nSPS) is 12.3. The number of sulfone groups is 1. The Morgan fingerprint density at radius 2 is 1.61 bits per heavy atom. The van der Waals surface area contributed by atoms with Gasteiger partial charge in [0.1, 0.15) is 16.4 Å². The van der Waals surface area contributed by atoms with Crippen molar-refractivity contribution in [3.63, 3.8) is 0 Å². The zero-order chi connectivity index (χ0) is 14.1. The maximum absolute atomic E-state index is 11.7. The molecular weight excluding hydrogens is 254 g/mol. The molecule has 1 rings (SSSR count). The molecule has 0 atom stereocenters. The molecule has 0 saturated carbocycles. The Labute approximate surface area is 108 Å². The number of hydrogen-bond acceptors (Lipinski definition) is 5. The van der Waals surface area contributed by atoms with E-state index >= 15 is 0 Å². The second-order valence-corrected chi connectivity index (χ2v) is 6.68. The highest BCUT2D eigenvalue weighted by Crippen LogP contribution is 2.36. The van der Waals surface area contributed by atoms with Crippen LogP contribution >= 0.6 is 0 Å². The summed E-state index contributed by atoms with van der Waals surface area (Å²) < 4.78 is 33.7. The van der Waals surface area contributed by atoms with Crippen molar-refractivity contribution in [3.05, 3.63) is 17.7 Å². The number of methoxy groups -OCH3 is 2. The van der Waals surface area contributed by atoms with Crippen molar-refractivity contribution < 1.29 is 17.9 Å². The maximum Gasteiger partial charge on any atom is 0.179 e. The van der Waals surface area contributed by atoms with Gasteiger partial charge in [-0.2, -0.15) is 0 Å². The average Bonchev–Trinajstić information content (AvgIpc) is 2.24. The van der Waals surface area contributed by atoms with Gasteiger partial charge in [0, 0.05) is 23.4 Å². The van der Waals surface area contributed by atoms with Crippen LogP contribution in [0.15, 0.2) is 17.0 Å². The molecule has 1 aromatic carbocycles. The molecule has 0 bridgehead atoms. The third-order valence-electron chi connectivity index (χ3n) is 2.58. The van der Waals surface area contributed by atoms with Gasteiger partial charge < -0.3 is 15.2 Å². The number of hydrogen-bond donors (Lipinski definition) is 1. The molecule has 0 radical (unpaired) electrons. The first-order chi connectivity index (χ1) is 8.11. The van der Waals surface area contributed by atoms with Crippen LogP contribution in [0.5, 0.6) is 11.5 Å². The van der Waals surface area contributed by atoms with Crippen LogP contribution in [-0.2, 0) is 15.4 Å². The minimum absolute atomic E-state index is 0.0925. The Kier molecular flexibility index (Phi) is 3.92. The third-order valence-corrected chi connectivity index (χ3v) is 3.70. The summed E-state index contributed by atoms with van der Waals surface area (Å²) in [6.45, 7) is 3.62. The van der Waals surface area contributed by atoms with Gasteiger partial charge >= 0.3 is 0 Å². The summed E-state index contributed by atoms with van der Waals surface area (Å²) in [5, 5.41) is 0. The van der Waals surface area contributed by atoms with Crippen LogP contribution in [0.2, 0.25) is 0 Å². The van der Waals surface area contributed by atoms with Gasteiger partial charge in [-0.15, -0.1) is 0 Å². The van der Waals surface area contributed by atoms with Gasteiger partial charge in [-0.25, -0.2) is 8.42 Å². The molecule has 0 aliphatic rings. The molecule has 0 saturated heterocycles. The highest BCUT2D eigenvalue weighted by molar-refractivity contribution is 7.90. The molecule has 102 valence electrons. The molecule has 6 heteroatoms. The van der Waals surface area contributed by atoms with Gasteiger partial charge in [0.05, 0.1) is 14.2 Å². The molecule has 0 aromatic heterocycles. The predicted octanol–water partition coefficient (Wildman–Crippen LogP) is 1.30. The second-order valence-electron chi connectivity index (χ2n) is 4.70. The Hall–Kier alpha value is -1.27. The highest BCUT2D eigenvalue weighted by atomic mass is 32.2. The van der Waals surface area contributed by atoms with Crippen molar-refractivity contribution in [2.24, 2.45) is 5.73 Å². The number of rotatable bonds is 4. The summed E-state index contributed by atoms with van der Waals surface area (Å²) in [5.41, 5.74) is 6.06. The fraction of sp³-hybridized carbons (Fsp3) is 0.500. The maximum atomic E-state index is 11.7. The van der Waals surface area contributed by atoms with Crippen molar-refractivity contribution in [3.8, 4) is 11.5 Å². The average molecular weight is 273 g/mol. The molecule has 2 N–H and O–H groups in total. The van der Waals surface area contributed by atoms with Gasteiger partial charge in [-0.3, -0.25) is 0 Å². The smallest absolute Gasteiger partial charge is 0.179 e. The van der Waals surface area contributed by atoms with Crippen LogP contribution in [0.25, 0.3) is 0 Å². The first-order valence-electron chi connectivity index (χ1n) is 5.36. The van der Waals surface area contributed by atoms with Gasteiger partial charge in [-0.1, -0.05) is 0 Å². The van der Waals surface area contributed by atoms with E-state index < -0.39 is 15.4 Å². The van der Waals surface area contributed by atoms with E-state index in [1.54, 1.807) is 6.07 Å². The summed E-state index contributed by atoms with van der Waals surface area (Å²) in [7, 11) is -0.491. The van der Waals surface area contributed by atoms with Crippen LogP contribution in [0.4, 0.5) is 0 Å². The zero-order valence-electron chi connectivity index (χ0n) is 11.3. The summed E-state index contributed by atoms with van der Waals surface area (Å²) in [6, 6.07) is 3.05. The van der Waals surface area contributed by atoms with Crippen LogP contribution in [-0.4, -0.2) is 28.9 Å². The fourth-order valence-electron chi connectivity index (χ4n) is 1.66. The first-order valence-corrected chi connectivity index (χ1v) is 7.26. The molecule has 0 unspecified atom stereocenters. The molecule has 18 heavy (non-hydrogen) atoms. The Bertz CT molecular complexity index is 544. The first kappa shape index (κ1) is 14.8. The van der Waals surface area contributed by atoms with Gasteiger partial charge in [-0.05, 0) is 19.9 Å². The van der Waals surface area contributed by atoms with E-state index in [0.29, 0.717) is 11.3 Å². The van der Waals surface area contributed by atoms with E-state index in [1.807, 2.05) is 13.8 Å². The van der Waals surface area contributed by atoms with E-state index in [-0.39, 0.29) is 10.6 Å². The lowest BCUT2D eigenvalue weighted by atomic mass is 9.94. The van der Waals surface area contributed by atoms with E-state index in [0.717, 1.165) is 6.26 Å². The van der Waals surface area contributed by atoms with Crippen LogP contribution < -0.4 is 15.2 Å². The molecule has 0 spiro atoms. The largest absolute Gasteiger partial charge is 0.496 e. The molecular formula is C12H19NO4S. The van der Waals surface area contributed by atoms with Crippen LogP contribution in [0, 0.1) is 0 Å². The SMILES string of the molecule is COc1cc(S(C)(=O)=O)c(OC)cc1C(C)(C)N. The monoisotopic (exact) mass is 273 g/mol. The molecule has 1 aromatic rings. The molecule has 0 aliphatic carbocycles. The molecule has 0 heterocycles. The Balaban J connectivity index is 3.63. The quantitative estimate of drug-likeness (QED) is 0.894. The summed E-state index contributed by atoms with van der Waals surface area (Å²) in [5.74, 6) is 0.704. The van der Waals surface area contributed by atoms with E-state index in [9.17, 15) is 8.42 Å². The van der Waals surface area contributed by atoms with Gasteiger partial charge in [0.2, 0.25) is 0 Å². The predicted molar refractivity (Wildman–Crippen MR) is 69.9 cm³/mol. The third kappa shape index (κ3) is 2.94. The standard InChI is InChI=1S/C12H19NO4S/c1-12(2,13)8-6-10(17-4)11(18(5,14)15)7-9(8)16-3/h6-7H,13H2,1-5H3. The fourth-order valence-corrected chi connectivity index (χ4v) is 2.49. The lowest BCUT2D eigenvalue weighted by Gasteiger charge is -2.23. The highest BCUT2D eigenvalue weighted by Gasteiger charge is 2.25. The molecule has 0 fully saturated rings. The number of ether oxygens (including phenoxy) is 2. The zero-order valence-corrected chi connectivity index (χ0v) is 12.1. The molecule has 5 nitrogen and oxygen atoms in total. The second kappa shape index (κ2) is 4.78. The number of benzene rings is 1. The van der Waals surface area contributed by atoms with Crippen LogP contribution in [0.3, 0.4) is 0 Å². The number of nitrogens with two attached hydrogens (primary N) is 1. The molecule has 0 amide bonds. The lowest BCUT2D eigenvalue weighted by Crippen LogP contribution is -2.29. The van der Waals surface area contributed by atoms with Crippen LogP contribution in [0.1, 0.15) is 19.4 Å². The summed E-state index contributed by atoms with van der Waals surface area (Å²) in [6.07, 6.45) is 1.12. The minimum atomic E-state index is -3.39. The topological polar surface area (TPSA) is 78.6 Å². The summed E-state index contributed by atoms with van der Waals surface area (Å²) in [4.78, 5) is 0.0925. The minimum Gasteiger partial charge on any atom is -0.496 e. The van der Waals surface area contributed by atoms with E-state index in [4.69, 9.17) is 15.2 Å². The van der Waals surface area contributed by atoms with Crippen molar-refractivity contribution in [1.29, 1.82) is 0 Å². The Morgan fingerprint density at radius 3 is 1.94 bits per heavy atom. The van der Waals surface area contributed by atoms with Gasteiger partial charge in [0.15, 0.2) is 9.84 Å². The van der Waals surface area contributed by atoms with Crippen molar-refractivity contribution in [2.45, 2.75) is 24.3 Å². The molecule has 0 aliphatic heterocycles. The lowest BCUT2D eigenvalue weighted by molar-refractivity contribution is 0.377. The Morgan fingerprint density at radius 1 is 1.11 bits per heavy atom.